The molecule has 176 valence electrons. The molecule has 0 spiro atoms. The van der Waals surface area contributed by atoms with E-state index in [1.807, 2.05) is 72.8 Å². The van der Waals surface area contributed by atoms with Gasteiger partial charge in [0, 0.05) is 11.6 Å². The second kappa shape index (κ2) is 11.4. The van der Waals surface area contributed by atoms with Gasteiger partial charge in [0.2, 0.25) is 0 Å². The lowest BCUT2D eigenvalue weighted by Crippen LogP contribution is -2.05. The third-order valence-electron chi connectivity index (χ3n) is 4.89. The molecule has 0 N–H and O–H groups in total. The molecule has 0 amide bonds. The van der Waals surface area contributed by atoms with Gasteiger partial charge in [-0.2, -0.15) is 0 Å². The van der Waals surface area contributed by atoms with Gasteiger partial charge in [0.25, 0.3) is 0 Å². The van der Waals surface area contributed by atoms with Crippen molar-refractivity contribution in [2.24, 2.45) is 0 Å². The van der Waals surface area contributed by atoms with Crippen LogP contribution in [-0.4, -0.2) is 20.2 Å². The molecule has 0 aliphatic rings. The Morgan fingerprint density at radius 1 is 0.600 bits per heavy atom. The molecule has 0 radical (unpaired) electrons. The molecule has 0 fully saturated rings. The van der Waals surface area contributed by atoms with Crippen molar-refractivity contribution in [1.29, 1.82) is 0 Å². The number of rotatable bonds is 9. The van der Waals surface area contributed by atoms with Crippen LogP contribution in [0.25, 0.3) is 5.57 Å². The van der Waals surface area contributed by atoms with E-state index in [-0.39, 0.29) is 5.57 Å². The zero-order valence-electron chi connectivity index (χ0n) is 19.3. The SMILES string of the molecule is CO/C=C(/C(=O)OC)c1ccccc1Oc1cccc(Oc2ccc(Oc3ccccc3)cc2)c1. The summed E-state index contributed by atoms with van der Waals surface area (Å²) in [5.74, 6) is 3.21. The van der Waals surface area contributed by atoms with Crippen LogP contribution in [0.2, 0.25) is 0 Å². The Morgan fingerprint density at radius 2 is 1.14 bits per heavy atom. The lowest BCUT2D eigenvalue weighted by Gasteiger charge is -2.13. The molecule has 0 saturated carbocycles. The fourth-order valence-electron chi connectivity index (χ4n) is 3.29. The van der Waals surface area contributed by atoms with Crippen LogP contribution in [0.3, 0.4) is 0 Å². The average molecular weight is 469 g/mol. The molecule has 0 aromatic heterocycles. The molecule has 4 aromatic carbocycles. The molecule has 4 rings (SSSR count). The average Bonchev–Trinajstić information content (AvgIpc) is 2.89. The van der Waals surface area contributed by atoms with Gasteiger partial charge in [-0.15, -0.1) is 0 Å². The predicted octanol–water partition coefficient (Wildman–Crippen LogP) is 7.22. The molecular formula is C29H24O6. The number of ether oxygens (including phenoxy) is 5. The summed E-state index contributed by atoms with van der Waals surface area (Å²) in [4.78, 5) is 12.2. The molecule has 35 heavy (non-hydrogen) atoms. The van der Waals surface area contributed by atoms with E-state index in [4.69, 9.17) is 23.7 Å². The fraction of sp³-hybridized carbons (Fsp3) is 0.0690. The number of carbonyl (C=O) groups is 1. The molecule has 4 aromatic rings. The van der Waals surface area contributed by atoms with Crippen molar-refractivity contribution in [2.45, 2.75) is 0 Å². The van der Waals surface area contributed by atoms with E-state index in [0.717, 1.165) is 5.75 Å². The molecule has 0 bridgehead atoms. The first-order valence-corrected chi connectivity index (χ1v) is 10.9. The highest BCUT2D eigenvalue weighted by Crippen LogP contribution is 2.34. The van der Waals surface area contributed by atoms with Crippen LogP contribution < -0.4 is 14.2 Å². The molecule has 0 aliphatic heterocycles. The van der Waals surface area contributed by atoms with Gasteiger partial charge in [-0.05, 0) is 54.6 Å². The molecule has 6 heteroatoms. The maximum absolute atomic E-state index is 12.2. The molecule has 0 atom stereocenters. The van der Waals surface area contributed by atoms with Crippen LogP contribution in [0.15, 0.2) is 109 Å². The number of hydrogen-bond acceptors (Lipinski definition) is 6. The largest absolute Gasteiger partial charge is 0.503 e. The summed E-state index contributed by atoms with van der Waals surface area (Å²) in [5, 5.41) is 0. The highest BCUT2D eigenvalue weighted by atomic mass is 16.5. The molecule has 6 nitrogen and oxygen atoms in total. The zero-order chi connectivity index (χ0) is 24.5. The third-order valence-corrected chi connectivity index (χ3v) is 4.89. The first kappa shape index (κ1) is 23.4. The van der Waals surface area contributed by atoms with Gasteiger partial charge in [0.15, 0.2) is 0 Å². The van der Waals surface area contributed by atoms with Crippen molar-refractivity contribution >= 4 is 11.5 Å². The van der Waals surface area contributed by atoms with Crippen molar-refractivity contribution in [3.05, 3.63) is 115 Å². The third kappa shape index (κ3) is 6.21. The minimum Gasteiger partial charge on any atom is -0.503 e. The van der Waals surface area contributed by atoms with E-state index >= 15 is 0 Å². The number of hydrogen-bond donors (Lipinski definition) is 0. The second-order valence-electron chi connectivity index (χ2n) is 7.32. The Bertz CT molecular complexity index is 1300. The lowest BCUT2D eigenvalue weighted by atomic mass is 10.1. The maximum Gasteiger partial charge on any atom is 0.341 e. The Kier molecular flexibility index (Phi) is 7.66. The Hall–Kier alpha value is -4.71. The molecule has 0 aliphatic carbocycles. The normalized spacial score (nSPS) is 10.9. The number of methoxy groups -OCH3 is 2. The summed E-state index contributed by atoms with van der Waals surface area (Å²) in [5.41, 5.74) is 0.789. The Labute approximate surface area is 203 Å². The molecule has 0 heterocycles. The standard InChI is InChI=1S/C29H24O6/c1-31-20-27(29(30)32-2)26-13-6-7-14-28(26)35-25-12-8-11-24(19-25)34-23-17-15-22(16-18-23)33-21-9-4-3-5-10-21/h3-20H,1-2H3/b27-20+. The molecule has 0 saturated heterocycles. The van der Waals surface area contributed by atoms with E-state index in [0.29, 0.717) is 34.3 Å². The van der Waals surface area contributed by atoms with Crippen molar-refractivity contribution < 1.29 is 28.5 Å². The van der Waals surface area contributed by atoms with Crippen molar-refractivity contribution in [2.75, 3.05) is 14.2 Å². The summed E-state index contributed by atoms with van der Waals surface area (Å²) in [6, 6.07) is 31.3. The smallest absolute Gasteiger partial charge is 0.341 e. The minimum absolute atomic E-state index is 0.246. The van der Waals surface area contributed by atoms with Gasteiger partial charge < -0.3 is 23.7 Å². The first-order valence-electron chi connectivity index (χ1n) is 10.9. The Morgan fingerprint density at radius 3 is 1.80 bits per heavy atom. The second-order valence-corrected chi connectivity index (χ2v) is 7.32. The molecular weight excluding hydrogens is 444 g/mol. The van der Waals surface area contributed by atoms with Crippen molar-refractivity contribution in [3.8, 4) is 34.5 Å². The van der Waals surface area contributed by atoms with E-state index in [1.54, 1.807) is 30.3 Å². The van der Waals surface area contributed by atoms with Crippen LogP contribution in [-0.2, 0) is 14.3 Å². The van der Waals surface area contributed by atoms with E-state index in [1.165, 1.54) is 20.5 Å². The molecule has 0 unspecified atom stereocenters. The lowest BCUT2D eigenvalue weighted by molar-refractivity contribution is -0.133. The van der Waals surface area contributed by atoms with Gasteiger partial charge in [-0.1, -0.05) is 42.5 Å². The van der Waals surface area contributed by atoms with Crippen molar-refractivity contribution in [3.63, 3.8) is 0 Å². The van der Waals surface area contributed by atoms with Crippen LogP contribution in [0.5, 0.6) is 34.5 Å². The highest BCUT2D eigenvalue weighted by Gasteiger charge is 2.18. The zero-order valence-corrected chi connectivity index (χ0v) is 19.3. The van der Waals surface area contributed by atoms with Gasteiger partial charge >= 0.3 is 5.97 Å². The van der Waals surface area contributed by atoms with Crippen LogP contribution >= 0.6 is 0 Å². The Balaban J connectivity index is 1.49. The minimum atomic E-state index is -0.528. The quantitative estimate of drug-likeness (QED) is 0.147. The first-order chi connectivity index (χ1) is 17.2. The fourth-order valence-corrected chi connectivity index (χ4v) is 3.29. The van der Waals surface area contributed by atoms with Gasteiger partial charge in [-0.3, -0.25) is 0 Å². The van der Waals surface area contributed by atoms with E-state index < -0.39 is 5.97 Å². The van der Waals surface area contributed by atoms with Crippen LogP contribution in [0.4, 0.5) is 0 Å². The van der Waals surface area contributed by atoms with Gasteiger partial charge in [0.1, 0.15) is 40.1 Å². The van der Waals surface area contributed by atoms with E-state index in [2.05, 4.69) is 0 Å². The summed E-state index contributed by atoms with van der Waals surface area (Å²) >= 11 is 0. The topological polar surface area (TPSA) is 63.2 Å². The van der Waals surface area contributed by atoms with Crippen LogP contribution in [0, 0.1) is 0 Å². The number of benzene rings is 4. The predicted molar refractivity (Wildman–Crippen MR) is 133 cm³/mol. The van der Waals surface area contributed by atoms with Crippen molar-refractivity contribution in [1.82, 2.24) is 0 Å². The highest BCUT2D eigenvalue weighted by molar-refractivity contribution is 6.17. The summed E-state index contributed by atoms with van der Waals surface area (Å²) < 4.78 is 27.8. The summed E-state index contributed by atoms with van der Waals surface area (Å²) in [7, 11) is 2.78. The summed E-state index contributed by atoms with van der Waals surface area (Å²) in [6.45, 7) is 0. The monoisotopic (exact) mass is 468 g/mol. The van der Waals surface area contributed by atoms with Crippen LogP contribution in [0.1, 0.15) is 5.56 Å². The van der Waals surface area contributed by atoms with Gasteiger partial charge in [0.05, 0.1) is 20.5 Å². The van der Waals surface area contributed by atoms with Gasteiger partial charge in [-0.25, -0.2) is 4.79 Å². The maximum atomic E-state index is 12.2. The van der Waals surface area contributed by atoms with E-state index in [9.17, 15) is 4.79 Å². The summed E-state index contributed by atoms with van der Waals surface area (Å²) in [6.07, 6.45) is 1.33. The number of para-hydroxylation sites is 2. The number of esters is 1. The number of carbonyl (C=O) groups excluding carboxylic acids is 1.